The number of rotatable bonds is 6. The van der Waals surface area contributed by atoms with Crippen LogP contribution >= 0.6 is 0 Å². The van der Waals surface area contributed by atoms with Crippen LogP contribution in [0.2, 0.25) is 0 Å². The van der Waals surface area contributed by atoms with Crippen molar-refractivity contribution in [3.05, 3.63) is 71.5 Å². The maximum absolute atomic E-state index is 13.5. The lowest BCUT2D eigenvalue weighted by Crippen LogP contribution is -2.49. The van der Waals surface area contributed by atoms with E-state index >= 15 is 0 Å². The number of urea groups is 2. The first kappa shape index (κ1) is 22.3. The van der Waals surface area contributed by atoms with E-state index in [-0.39, 0.29) is 30.2 Å². The topological polar surface area (TPSA) is 143 Å². The van der Waals surface area contributed by atoms with Crippen LogP contribution in [0.15, 0.2) is 68.8 Å². The van der Waals surface area contributed by atoms with Gasteiger partial charge in [-0.05, 0) is 38.1 Å². The van der Waals surface area contributed by atoms with Gasteiger partial charge in [-0.25, -0.2) is 14.4 Å². The van der Waals surface area contributed by atoms with Crippen LogP contribution in [-0.4, -0.2) is 42.0 Å². The minimum atomic E-state index is -1.47. The molecule has 1 saturated heterocycles. The lowest BCUT2D eigenvalue weighted by Gasteiger charge is -2.29. The van der Waals surface area contributed by atoms with E-state index in [4.69, 9.17) is 13.6 Å². The summed E-state index contributed by atoms with van der Waals surface area (Å²) in [4.78, 5) is 52.6. The first-order valence-corrected chi connectivity index (χ1v) is 11.0. The fourth-order valence-electron chi connectivity index (χ4n) is 4.26. The third-order valence-electron chi connectivity index (χ3n) is 5.99. The van der Waals surface area contributed by atoms with Crippen LogP contribution in [0.5, 0.6) is 0 Å². The van der Waals surface area contributed by atoms with Crippen LogP contribution in [0.1, 0.15) is 31.4 Å². The summed E-state index contributed by atoms with van der Waals surface area (Å²) < 4.78 is 16.4. The number of hydrogen-bond acceptors (Lipinski definition) is 7. The molecule has 4 heterocycles. The first-order chi connectivity index (χ1) is 16.8. The summed E-state index contributed by atoms with van der Waals surface area (Å²) in [6.07, 6.45) is 1.40. The van der Waals surface area contributed by atoms with E-state index in [1.54, 1.807) is 37.3 Å². The summed E-state index contributed by atoms with van der Waals surface area (Å²) >= 11 is 0. The number of amides is 5. The second-order valence-corrected chi connectivity index (χ2v) is 8.25. The Hall–Kier alpha value is -4.54. The lowest BCUT2D eigenvalue weighted by molar-refractivity contribution is -0.139. The molecular weight excluding hydrogens is 456 g/mol. The molecule has 35 heavy (non-hydrogen) atoms. The summed E-state index contributed by atoms with van der Waals surface area (Å²) in [6, 6.07) is 9.86. The SMILES string of the molecule is CCOC(=O)C1=C(CN2C(=O)NC(C)(c3cc4ccccc4o3)C2=O)NC(=O)NC1c1ccco1. The Labute approximate surface area is 199 Å². The van der Waals surface area contributed by atoms with Crippen molar-refractivity contribution in [1.29, 1.82) is 0 Å². The summed E-state index contributed by atoms with van der Waals surface area (Å²) in [5, 5.41) is 8.62. The van der Waals surface area contributed by atoms with Crippen molar-refractivity contribution in [2.75, 3.05) is 13.2 Å². The van der Waals surface area contributed by atoms with Gasteiger partial charge < -0.3 is 29.5 Å². The normalized spacial score (nSPS) is 22.3. The average Bonchev–Trinajstić information content (AvgIpc) is 3.55. The number of para-hydroxylation sites is 1. The van der Waals surface area contributed by atoms with Crippen molar-refractivity contribution < 1.29 is 32.7 Å². The Morgan fingerprint density at radius 3 is 2.69 bits per heavy atom. The minimum Gasteiger partial charge on any atom is -0.467 e. The van der Waals surface area contributed by atoms with E-state index in [0.717, 1.165) is 10.3 Å². The molecule has 1 aromatic carbocycles. The van der Waals surface area contributed by atoms with E-state index in [1.165, 1.54) is 13.2 Å². The van der Waals surface area contributed by atoms with Gasteiger partial charge in [0.1, 0.15) is 23.1 Å². The van der Waals surface area contributed by atoms with Crippen LogP contribution in [0.3, 0.4) is 0 Å². The zero-order chi connectivity index (χ0) is 24.7. The van der Waals surface area contributed by atoms with E-state index in [2.05, 4.69) is 16.0 Å². The molecule has 0 saturated carbocycles. The van der Waals surface area contributed by atoms with Crippen molar-refractivity contribution in [2.24, 2.45) is 0 Å². The van der Waals surface area contributed by atoms with Gasteiger partial charge in [0, 0.05) is 5.39 Å². The van der Waals surface area contributed by atoms with Gasteiger partial charge in [0.15, 0.2) is 5.54 Å². The number of ether oxygens (including phenoxy) is 1. The van der Waals surface area contributed by atoms with Crippen molar-refractivity contribution in [3.63, 3.8) is 0 Å². The van der Waals surface area contributed by atoms with E-state index < -0.39 is 35.5 Å². The second-order valence-electron chi connectivity index (χ2n) is 8.25. The number of nitrogens with one attached hydrogen (secondary N) is 3. The summed E-state index contributed by atoms with van der Waals surface area (Å²) in [5.41, 5.74) is -0.827. The molecule has 2 aliphatic rings. The Kier molecular flexibility index (Phi) is 5.31. The van der Waals surface area contributed by atoms with Crippen LogP contribution < -0.4 is 16.0 Å². The lowest BCUT2D eigenvalue weighted by atomic mass is 9.97. The van der Waals surface area contributed by atoms with Gasteiger partial charge in [0.25, 0.3) is 5.91 Å². The molecule has 2 unspecified atom stereocenters. The van der Waals surface area contributed by atoms with Crippen molar-refractivity contribution in [1.82, 2.24) is 20.9 Å². The summed E-state index contributed by atoms with van der Waals surface area (Å²) in [5.74, 6) is -0.755. The van der Waals surface area contributed by atoms with Gasteiger partial charge in [0.2, 0.25) is 0 Å². The van der Waals surface area contributed by atoms with E-state index in [0.29, 0.717) is 11.3 Å². The van der Waals surface area contributed by atoms with E-state index in [9.17, 15) is 19.2 Å². The molecule has 0 radical (unpaired) electrons. The fraction of sp³-hybridized carbons (Fsp3) is 0.250. The molecule has 3 N–H and O–H groups in total. The maximum Gasteiger partial charge on any atom is 0.338 e. The number of carbonyl (C=O) groups excluding carboxylic acids is 4. The van der Waals surface area contributed by atoms with Gasteiger partial charge in [-0.15, -0.1) is 0 Å². The number of hydrogen-bond donors (Lipinski definition) is 3. The number of fused-ring (bicyclic) bond motifs is 1. The second kappa shape index (κ2) is 8.35. The first-order valence-electron chi connectivity index (χ1n) is 11.0. The maximum atomic E-state index is 13.5. The van der Waals surface area contributed by atoms with Gasteiger partial charge in [-0.3, -0.25) is 9.69 Å². The van der Waals surface area contributed by atoms with Crippen LogP contribution in [0.25, 0.3) is 11.0 Å². The number of nitrogens with zero attached hydrogens (tertiary/aromatic N) is 1. The summed E-state index contributed by atoms with van der Waals surface area (Å²) in [7, 11) is 0. The number of benzene rings is 1. The smallest absolute Gasteiger partial charge is 0.338 e. The predicted octanol–water partition coefficient (Wildman–Crippen LogP) is 2.66. The molecule has 2 aromatic heterocycles. The third kappa shape index (κ3) is 3.70. The molecule has 5 rings (SSSR count). The largest absolute Gasteiger partial charge is 0.467 e. The molecule has 3 aromatic rings. The van der Waals surface area contributed by atoms with Gasteiger partial charge >= 0.3 is 18.0 Å². The van der Waals surface area contributed by atoms with Crippen molar-refractivity contribution >= 4 is 34.9 Å². The van der Waals surface area contributed by atoms with Gasteiger partial charge in [0.05, 0.1) is 30.7 Å². The molecule has 180 valence electrons. The minimum absolute atomic E-state index is 0.0272. The third-order valence-corrected chi connectivity index (χ3v) is 5.99. The zero-order valence-corrected chi connectivity index (χ0v) is 18.9. The highest BCUT2D eigenvalue weighted by atomic mass is 16.5. The molecule has 0 aliphatic carbocycles. The number of imide groups is 1. The van der Waals surface area contributed by atoms with Crippen LogP contribution in [0.4, 0.5) is 9.59 Å². The van der Waals surface area contributed by atoms with Gasteiger partial charge in [-0.2, -0.15) is 0 Å². The van der Waals surface area contributed by atoms with Crippen molar-refractivity contribution in [3.8, 4) is 0 Å². The number of furan rings is 2. The quantitative estimate of drug-likeness (QED) is 0.365. The molecule has 1 fully saturated rings. The average molecular weight is 478 g/mol. The van der Waals surface area contributed by atoms with Crippen molar-refractivity contribution in [2.45, 2.75) is 25.4 Å². The molecule has 11 nitrogen and oxygen atoms in total. The molecule has 0 spiro atoms. The zero-order valence-electron chi connectivity index (χ0n) is 18.9. The fourth-order valence-corrected chi connectivity index (χ4v) is 4.26. The molecule has 5 amide bonds. The Bertz CT molecular complexity index is 1340. The Morgan fingerprint density at radius 2 is 1.97 bits per heavy atom. The van der Waals surface area contributed by atoms with E-state index in [1.807, 2.05) is 12.1 Å². The summed E-state index contributed by atoms with van der Waals surface area (Å²) in [6.45, 7) is 2.89. The monoisotopic (exact) mass is 478 g/mol. The molecule has 2 aliphatic heterocycles. The highest BCUT2D eigenvalue weighted by molar-refractivity contribution is 6.08. The molecule has 11 heteroatoms. The molecule has 0 bridgehead atoms. The molecular formula is C24H22N4O7. The number of carbonyl (C=O) groups is 4. The highest BCUT2D eigenvalue weighted by Crippen LogP contribution is 2.34. The van der Waals surface area contributed by atoms with Crippen LogP contribution in [0, 0.1) is 0 Å². The standard InChI is InChI=1S/C24H22N4O7/c1-3-33-20(29)18-14(25-22(31)26-19(18)16-9-6-10-34-16)12-28-21(30)24(2,27-23(28)32)17-11-13-7-4-5-8-15(13)35-17/h4-11,19H,3,12H2,1-2H3,(H,27,32)(H2,25,26,31). The highest BCUT2D eigenvalue weighted by Gasteiger charge is 2.52. The van der Waals surface area contributed by atoms with Gasteiger partial charge in [-0.1, -0.05) is 18.2 Å². The number of esters is 1. The Balaban J connectivity index is 1.51. The molecule has 2 atom stereocenters. The van der Waals surface area contributed by atoms with Crippen LogP contribution in [-0.2, 0) is 19.9 Å². The Morgan fingerprint density at radius 1 is 1.17 bits per heavy atom. The predicted molar refractivity (Wildman–Crippen MR) is 121 cm³/mol.